The molecule has 3 nitrogen and oxygen atoms in total. The minimum absolute atomic E-state index is 0.102. The quantitative estimate of drug-likeness (QED) is 0.692. The fourth-order valence-electron chi connectivity index (χ4n) is 2.21. The normalized spacial score (nSPS) is 25.5. The van der Waals surface area contributed by atoms with Gasteiger partial charge in [0.15, 0.2) is 11.5 Å². The van der Waals surface area contributed by atoms with Gasteiger partial charge in [0.2, 0.25) is 0 Å². The number of ether oxygens (including phenoxy) is 3. The molecule has 3 heteroatoms. The molecular weight excluding hydrogens is 192 g/mol. The molecule has 2 aliphatic rings. The van der Waals surface area contributed by atoms with E-state index >= 15 is 0 Å². The summed E-state index contributed by atoms with van der Waals surface area (Å²) in [5.74, 6) is 1.53. The van der Waals surface area contributed by atoms with Crippen LogP contribution >= 0.6 is 0 Å². The highest BCUT2D eigenvalue weighted by Gasteiger charge is 2.34. The van der Waals surface area contributed by atoms with Crippen LogP contribution in [0.15, 0.2) is 24.3 Å². The molecule has 0 radical (unpaired) electrons. The summed E-state index contributed by atoms with van der Waals surface area (Å²) in [7, 11) is 3.29. The van der Waals surface area contributed by atoms with Crippen molar-refractivity contribution in [3.8, 4) is 11.5 Å². The van der Waals surface area contributed by atoms with E-state index in [0.717, 1.165) is 11.5 Å². The van der Waals surface area contributed by atoms with E-state index in [1.165, 1.54) is 11.1 Å². The highest BCUT2D eigenvalue weighted by Crippen LogP contribution is 2.49. The summed E-state index contributed by atoms with van der Waals surface area (Å²) in [6.45, 7) is 0. The summed E-state index contributed by atoms with van der Waals surface area (Å²) in [6.07, 6.45) is 4.37. The molecule has 0 N–H and O–H groups in total. The first kappa shape index (κ1) is 8.80. The van der Waals surface area contributed by atoms with Gasteiger partial charge in [-0.2, -0.15) is 0 Å². The van der Waals surface area contributed by atoms with Crippen LogP contribution in [-0.4, -0.2) is 14.2 Å². The second kappa shape index (κ2) is 3.00. The lowest BCUT2D eigenvalue weighted by atomic mass is 9.96. The maximum Gasteiger partial charge on any atom is 0.161 e. The molecule has 15 heavy (non-hydrogen) atoms. The van der Waals surface area contributed by atoms with E-state index in [2.05, 4.69) is 12.2 Å². The van der Waals surface area contributed by atoms with E-state index in [9.17, 15) is 0 Å². The Morgan fingerprint density at radius 3 is 1.80 bits per heavy atom. The smallest absolute Gasteiger partial charge is 0.161 e. The van der Waals surface area contributed by atoms with Crippen LogP contribution in [0.4, 0.5) is 0 Å². The van der Waals surface area contributed by atoms with Gasteiger partial charge in [-0.25, -0.2) is 0 Å². The fraction of sp³-hybridized carbons (Fsp3) is 0.333. The van der Waals surface area contributed by atoms with Gasteiger partial charge in [0.1, 0.15) is 12.2 Å². The summed E-state index contributed by atoms with van der Waals surface area (Å²) < 4.78 is 16.2. The van der Waals surface area contributed by atoms with E-state index in [0.29, 0.717) is 0 Å². The van der Waals surface area contributed by atoms with E-state index in [1.54, 1.807) is 14.2 Å². The SMILES string of the molecule is COc1cc2c(cc1OC)[C@H]1C=C[C@H]2O1. The maximum atomic E-state index is 5.72. The second-order valence-corrected chi connectivity index (χ2v) is 3.70. The van der Waals surface area contributed by atoms with E-state index in [-0.39, 0.29) is 12.2 Å². The second-order valence-electron chi connectivity index (χ2n) is 3.70. The van der Waals surface area contributed by atoms with Gasteiger partial charge in [0.05, 0.1) is 14.2 Å². The van der Waals surface area contributed by atoms with Crippen LogP contribution in [0.3, 0.4) is 0 Å². The molecule has 0 aliphatic carbocycles. The zero-order valence-corrected chi connectivity index (χ0v) is 8.69. The molecule has 0 spiro atoms. The lowest BCUT2D eigenvalue weighted by Gasteiger charge is -2.13. The minimum atomic E-state index is 0.102. The first-order chi connectivity index (χ1) is 7.33. The number of hydrogen-bond donors (Lipinski definition) is 0. The van der Waals surface area contributed by atoms with Crippen LogP contribution in [0.2, 0.25) is 0 Å². The van der Waals surface area contributed by atoms with E-state index in [1.807, 2.05) is 12.1 Å². The molecule has 0 saturated heterocycles. The summed E-state index contributed by atoms with van der Waals surface area (Å²) >= 11 is 0. The van der Waals surface area contributed by atoms with Crippen molar-refractivity contribution in [2.45, 2.75) is 12.2 Å². The van der Waals surface area contributed by atoms with Crippen LogP contribution in [0.25, 0.3) is 0 Å². The number of hydrogen-bond acceptors (Lipinski definition) is 3. The molecule has 1 aromatic rings. The van der Waals surface area contributed by atoms with Crippen LogP contribution in [-0.2, 0) is 4.74 Å². The number of fused-ring (bicyclic) bond motifs is 5. The first-order valence-corrected chi connectivity index (χ1v) is 4.93. The van der Waals surface area contributed by atoms with Gasteiger partial charge in [-0.05, 0) is 23.3 Å². The summed E-state index contributed by atoms with van der Waals surface area (Å²) in [4.78, 5) is 0. The molecule has 2 atom stereocenters. The van der Waals surface area contributed by atoms with Crippen LogP contribution < -0.4 is 9.47 Å². The summed E-state index contributed by atoms with van der Waals surface area (Å²) in [5.41, 5.74) is 2.39. The van der Waals surface area contributed by atoms with Gasteiger partial charge in [0.25, 0.3) is 0 Å². The molecule has 2 bridgehead atoms. The zero-order chi connectivity index (χ0) is 10.4. The fourth-order valence-corrected chi connectivity index (χ4v) is 2.21. The molecule has 78 valence electrons. The molecule has 0 fully saturated rings. The number of benzene rings is 1. The largest absolute Gasteiger partial charge is 0.493 e. The van der Waals surface area contributed by atoms with Crippen molar-refractivity contribution in [3.05, 3.63) is 35.4 Å². The van der Waals surface area contributed by atoms with Gasteiger partial charge >= 0.3 is 0 Å². The predicted octanol–water partition coefficient (Wildman–Crippen LogP) is 2.39. The maximum absolute atomic E-state index is 5.72. The third kappa shape index (κ3) is 1.10. The average molecular weight is 204 g/mol. The Hall–Kier alpha value is -1.48. The van der Waals surface area contributed by atoms with Crippen molar-refractivity contribution in [1.29, 1.82) is 0 Å². The highest BCUT2D eigenvalue weighted by molar-refractivity contribution is 5.53. The Bertz CT molecular complexity index is 398. The van der Waals surface area contributed by atoms with Crippen molar-refractivity contribution in [3.63, 3.8) is 0 Å². The topological polar surface area (TPSA) is 27.7 Å². The Morgan fingerprint density at radius 1 is 0.933 bits per heavy atom. The highest BCUT2D eigenvalue weighted by atomic mass is 16.5. The summed E-state index contributed by atoms with van der Waals surface area (Å²) in [5, 5.41) is 0. The number of rotatable bonds is 2. The Kier molecular flexibility index (Phi) is 1.76. The lowest BCUT2D eigenvalue weighted by molar-refractivity contribution is 0.0878. The van der Waals surface area contributed by atoms with Gasteiger partial charge < -0.3 is 14.2 Å². The third-order valence-corrected chi connectivity index (χ3v) is 2.96. The standard InChI is InChI=1S/C12H12O3/c1-13-11-5-7-8(6-12(11)14-2)10-4-3-9(7)15-10/h3-6,9-10H,1-2H3/t9-,10-/m1/s1. The molecule has 2 aliphatic heterocycles. The van der Waals surface area contributed by atoms with Gasteiger partial charge in [0, 0.05) is 0 Å². The molecule has 0 amide bonds. The van der Waals surface area contributed by atoms with Crippen LogP contribution in [0.5, 0.6) is 11.5 Å². The van der Waals surface area contributed by atoms with Crippen LogP contribution in [0, 0.1) is 0 Å². The molecular formula is C12H12O3. The molecule has 0 saturated carbocycles. The number of methoxy groups -OCH3 is 2. The molecule has 0 aromatic heterocycles. The predicted molar refractivity (Wildman–Crippen MR) is 55.3 cm³/mol. The lowest BCUT2D eigenvalue weighted by Crippen LogP contribution is -1.97. The van der Waals surface area contributed by atoms with E-state index in [4.69, 9.17) is 14.2 Å². The van der Waals surface area contributed by atoms with Crippen molar-refractivity contribution in [1.82, 2.24) is 0 Å². The Balaban J connectivity index is 2.15. The Labute approximate surface area is 88.3 Å². The van der Waals surface area contributed by atoms with Crippen molar-refractivity contribution in [2.24, 2.45) is 0 Å². The van der Waals surface area contributed by atoms with Crippen LogP contribution in [0.1, 0.15) is 23.3 Å². The monoisotopic (exact) mass is 204 g/mol. The average Bonchev–Trinajstić information content (AvgIpc) is 2.88. The third-order valence-electron chi connectivity index (χ3n) is 2.96. The van der Waals surface area contributed by atoms with Gasteiger partial charge in [-0.3, -0.25) is 0 Å². The first-order valence-electron chi connectivity index (χ1n) is 4.93. The summed E-state index contributed by atoms with van der Waals surface area (Å²) in [6, 6.07) is 4.00. The molecule has 0 unspecified atom stereocenters. The van der Waals surface area contributed by atoms with Gasteiger partial charge in [-0.1, -0.05) is 12.2 Å². The van der Waals surface area contributed by atoms with E-state index < -0.39 is 0 Å². The zero-order valence-electron chi connectivity index (χ0n) is 8.69. The molecule has 2 heterocycles. The van der Waals surface area contributed by atoms with Crippen molar-refractivity contribution >= 4 is 0 Å². The van der Waals surface area contributed by atoms with Crippen molar-refractivity contribution in [2.75, 3.05) is 14.2 Å². The molecule has 3 rings (SSSR count). The van der Waals surface area contributed by atoms with Crippen molar-refractivity contribution < 1.29 is 14.2 Å². The van der Waals surface area contributed by atoms with Gasteiger partial charge in [-0.15, -0.1) is 0 Å². The molecule has 1 aromatic carbocycles. The Morgan fingerprint density at radius 2 is 1.40 bits per heavy atom. The minimum Gasteiger partial charge on any atom is -0.493 e.